The SMILES string of the molecule is CN=C(NCCc1ccc(C)cc1)NCc1ccnc2ccccc12. The number of nitrogens with zero attached hydrogens (tertiary/aromatic N) is 2. The molecule has 0 radical (unpaired) electrons. The molecule has 25 heavy (non-hydrogen) atoms. The summed E-state index contributed by atoms with van der Waals surface area (Å²) < 4.78 is 0. The smallest absolute Gasteiger partial charge is 0.191 e. The van der Waals surface area contributed by atoms with Crippen LogP contribution in [0.4, 0.5) is 0 Å². The lowest BCUT2D eigenvalue weighted by Gasteiger charge is -2.13. The van der Waals surface area contributed by atoms with E-state index in [1.807, 2.05) is 24.4 Å². The Kier molecular flexibility index (Phi) is 5.62. The van der Waals surface area contributed by atoms with Crippen molar-refractivity contribution < 1.29 is 0 Å². The van der Waals surface area contributed by atoms with Gasteiger partial charge in [-0.1, -0.05) is 48.0 Å². The van der Waals surface area contributed by atoms with E-state index in [0.717, 1.165) is 24.4 Å². The highest BCUT2D eigenvalue weighted by atomic mass is 15.2. The summed E-state index contributed by atoms with van der Waals surface area (Å²) in [6, 6.07) is 18.9. The first-order valence-electron chi connectivity index (χ1n) is 8.59. The van der Waals surface area contributed by atoms with Crippen molar-refractivity contribution in [3.63, 3.8) is 0 Å². The summed E-state index contributed by atoms with van der Waals surface area (Å²) in [5, 5.41) is 7.93. The van der Waals surface area contributed by atoms with Crippen molar-refractivity contribution in [1.29, 1.82) is 0 Å². The zero-order chi connectivity index (χ0) is 17.5. The van der Waals surface area contributed by atoms with Crippen molar-refractivity contribution in [2.45, 2.75) is 19.9 Å². The zero-order valence-electron chi connectivity index (χ0n) is 14.8. The second-order valence-electron chi connectivity index (χ2n) is 6.08. The van der Waals surface area contributed by atoms with Gasteiger partial charge in [-0.2, -0.15) is 0 Å². The van der Waals surface area contributed by atoms with Crippen LogP contribution >= 0.6 is 0 Å². The third-order valence-corrected chi connectivity index (χ3v) is 4.24. The second kappa shape index (κ2) is 8.29. The number of para-hydroxylation sites is 1. The predicted octanol–water partition coefficient (Wildman–Crippen LogP) is 3.45. The minimum absolute atomic E-state index is 0.716. The topological polar surface area (TPSA) is 49.3 Å². The van der Waals surface area contributed by atoms with Crippen LogP contribution in [0.15, 0.2) is 65.8 Å². The summed E-state index contributed by atoms with van der Waals surface area (Å²) >= 11 is 0. The molecule has 128 valence electrons. The summed E-state index contributed by atoms with van der Waals surface area (Å²) in [5.74, 6) is 0.813. The monoisotopic (exact) mass is 332 g/mol. The Morgan fingerprint density at radius 2 is 1.80 bits per heavy atom. The summed E-state index contributed by atoms with van der Waals surface area (Å²) in [7, 11) is 1.80. The minimum atomic E-state index is 0.716. The van der Waals surface area contributed by atoms with Gasteiger partial charge >= 0.3 is 0 Å². The maximum Gasteiger partial charge on any atom is 0.191 e. The van der Waals surface area contributed by atoms with Crippen LogP contribution < -0.4 is 10.6 Å². The molecule has 3 aromatic rings. The van der Waals surface area contributed by atoms with E-state index in [4.69, 9.17) is 0 Å². The van der Waals surface area contributed by atoms with E-state index in [9.17, 15) is 0 Å². The molecule has 0 fully saturated rings. The average molecular weight is 332 g/mol. The molecule has 4 nitrogen and oxygen atoms in total. The molecule has 0 saturated carbocycles. The van der Waals surface area contributed by atoms with Crippen molar-refractivity contribution >= 4 is 16.9 Å². The van der Waals surface area contributed by atoms with Gasteiger partial charge in [-0.3, -0.25) is 9.98 Å². The van der Waals surface area contributed by atoms with E-state index in [-0.39, 0.29) is 0 Å². The molecule has 0 aliphatic carbocycles. The molecule has 0 amide bonds. The quantitative estimate of drug-likeness (QED) is 0.556. The normalized spacial score (nSPS) is 11.5. The van der Waals surface area contributed by atoms with Gasteiger partial charge in [0.15, 0.2) is 5.96 Å². The highest BCUT2D eigenvalue weighted by Crippen LogP contribution is 2.15. The van der Waals surface area contributed by atoms with Crippen LogP contribution in [0, 0.1) is 6.92 Å². The van der Waals surface area contributed by atoms with Crippen molar-refractivity contribution in [2.24, 2.45) is 4.99 Å². The highest BCUT2D eigenvalue weighted by Gasteiger charge is 2.03. The lowest BCUT2D eigenvalue weighted by atomic mass is 10.1. The first-order chi connectivity index (χ1) is 12.3. The standard InChI is InChI=1S/C21H24N4/c1-16-7-9-17(10-8-16)11-13-24-21(22-2)25-15-18-12-14-23-20-6-4-3-5-19(18)20/h3-10,12,14H,11,13,15H2,1-2H3,(H2,22,24,25). The zero-order valence-corrected chi connectivity index (χ0v) is 14.8. The number of rotatable bonds is 5. The third-order valence-electron chi connectivity index (χ3n) is 4.24. The molecular formula is C21H24N4. The molecule has 0 saturated heterocycles. The number of aryl methyl sites for hydroxylation is 1. The van der Waals surface area contributed by atoms with Crippen LogP contribution in [0.5, 0.6) is 0 Å². The third kappa shape index (κ3) is 4.57. The van der Waals surface area contributed by atoms with E-state index in [1.54, 1.807) is 7.05 Å². The number of pyridine rings is 1. The molecule has 0 bridgehead atoms. The second-order valence-corrected chi connectivity index (χ2v) is 6.08. The van der Waals surface area contributed by atoms with Gasteiger partial charge in [0.25, 0.3) is 0 Å². The Bertz CT molecular complexity index is 848. The fraction of sp³-hybridized carbons (Fsp3) is 0.238. The number of nitrogens with one attached hydrogen (secondary N) is 2. The molecule has 2 aromatic carbocycles. The number of benzene rings is 2. The van der Waals surface area contributed by atoms with Crippen LogP contribution in [0.25, 0.3) is 10.9 Å². The van der Waals surface area contributed by atoms with E-state index in [1.165, 1.54) is 22.1 Å². The van der Waals surface area contributed by atoms with Crippen LogP contribution in [-0.2, 0) is 13.0 Å². The Labute approximate surface area is 149 Å². The number of hydrogen-bond donors (Lipinski definition) is 2. The predicted molar refractivity (Wildman–Crippen MR) is 105 cm³/mol. The number of fused-ring (bicyclic) bond motifs is 1. The molecule has 0 aliphatic heterocycles. The van der Waals surface area contributed by atoms with Crippen LogP contribution in [0.3, 0.4) is 0 Å². The van der Waals surface area contributed by atoms with Crippen molar-refractivity contribution in [2.75, 3.05) is 13.6 Å². The molecule has 1 aromatic heterocycles. The molecule has 3 rings (SSSR count). The Morgan fingerprint density at radius 3 is 2.60 bits per heavy atom. The number of aromatic nitrogens is 1. The fourth-order valence-corrected chi connectivity index (χ4v) is 2.79. The van der Waals surface area contributed by atoms with Gasteiger partial charge in [-0.15, -0.1) is 0 Å². The number of aliphatic imine (C=N–C) groups is 1. The lowest BCUT2D eigenvalue weighted by molar-refractivity contribution is 0.796. The first kappa shape index (κ1) is 17.0. The van der Waals surface area contributed by atoms with Crippen molar-refractivity contribution in [3.05, 3.63) is 77.5 Å². The maximum absolute atomic E-state index is 4.40. The van der Waals surface area contributed by atoms with E-state index in [2.05, 4.69) is 63.9 Å². The molecule has 1 heterocycles. The summed E-state index contributed by atoms with van der Waals surface area (Å²) in [6.07, 6.45) is 2.83. The average Bonchev–Trinajstić information content (AvgIpc) is 2.66. The van der Waals surface area contributed by atoms with E-state index in [0.29, 0.717) is 6.54 Å². The summed E-state index contributed by atoms with van der Waals surface area (Å²) in [4.78, 5) is 8.71. The molecule has 0 spiro atoms. The summed E-state index contributed by atoms with van der Waals surface area (Å²) in [6.45, 7) is 3.67. The Balaban J connectivity index is 1.54. The van der Waals surface area contributed by atoms with Gasteiger partial charge in [0.1, 0.15) is 0 Å². The minimum Gasteiger partial charge on any atom is -0.356 e. The highest BCUT2D eigenvalue weighted by molar-refractivity contribution is 5.83. The number of hydrogen-bond acceptors (Lipinski definition) is 2. The van der Waals surface area contributed by atoms with Gasteiger partial charge in [-0.05, 0) is 36.6 Å². The Morgan fingerprint density at radius 1 is 1.00 bits per heavy atom. The van der Waals surface area contributed by atoms with Crippen LogP contribution in [0.1, 0.15) is 16.7 Å². The van der Waals surface area contributed by atoms with Gasteiger partial charge in [0.2, 0.25) is 0 Å². The molecule has 0 unspecified atom stereocenters. The van der Waals surface area contributed by atoms with Crippen LogP contribution in [-0.4, -0.2) is 24.5 Å². The first-order valence-corrected chi connectivity index (χ1v) is 8.59. The maximum atomic E-state index is 4.40. The van der Waals surface area contributed by atoms with Crippen LogP contribution in [0.2, 0.25) is 0 Å². The van der Waals surface area contributed by atoms with E-state index < -0.39 is 0 Å². The van der Waals surface area contributed by atoms with Gasteiger partial charge in [-0.25, -0.2) is 0 Å². The summed E-state index contributed by atoms with van der Waals surface area (Å²) in [5.41, 5.74) is 4.85. The molecule has 4 heteroatoms. The van der Waals surface area contributed by atoms with Crippen molar-refractivity contribution in [1.82, 2.24) is 15.6 Å². The van der Waals surface area contributed by atoms with Gasteiger partial charge < -0.3 is 10.6 Å². The Hall–Kier alpha value is -2.88. The number of guanidine groups is 1. The fourth-order valence-electron chi connectivity index (χ4n) is 2.79. The molecular weight excluding hydrogens is 308 g/mol. The molecule has 2 N–H and O–H groups in total. The lowest BCUT2D eigenvalue weighted by Crippen LogP contribution is -2.37. The van der Waals surface area contributed by atoms with Gasteiger partial charge in [0.05, 0.1) is 5.52 Å². The molecule has 0 atom stereocenters. The molecule has 0 aliphatic rings. The largest absolute Gasteiger partial charge is 0.356 e. The van der Waals surface area contributed by atoms with E-state index >= 15 is 0 Å². The van der Waals surface area contributed by atoms with Gasteiger partial charge in [0, 0.05) is 31.7 Å². The van der Waals surface area contributed by atoms with Crippen molar-refractivity contribution in [3.8, 4) is 0 Å².